The van der Waals surface area contributed by atoms with Crippen molar-refractivity contribution >= 4 is 0 Å². The average Bonchev–Trinajstić information content (AvgIpc) is 2.39. The molecule has 1 saturated carbocycles. The van der Waals surface area contributed by atoms with E-state index in [0.717, 1.165) is 6.54 Å². The summed E-state index contributed by atoms with van der Waals surface area (Å²) in [6, 6.07) is 0. The van der Waals surface area contributed by atoms with Crippen LogP contribution in [0.1, 0.15) is 38.5 Å². The molecule has 0 amide bonds. The van der Waals surface area contributed by atoms with Gasteiger partial charge >= 0.3 is 0 Å². The van der Waals surface area contributed by atoms with Crippen molar-refractivity contribution in [3.8, 4) is 0 Å². The van der Waals surface area contributed by atoms with Crippen LogP contribution in [0.5, 0.6) is 0 Å². The Bertz CT molecular complexity index is 106. The average molecular weight is 138 g/mol. The van der Waals surface area contributed by atoms with Crippen molar-refractivity contribution < 1.29 is 0 Å². The van der Waals surface area contributed by atoms with Crippen LogP contribution in [0.4, 0.5) is 0 Å². The van der Waals surface area contributed by atoms with Crippen LogP contribution in [0.25, 0.3) is 0 Å². The molecule has 0 bridgehead atoms. The molecule has 10 heavy (non-hydrogen) atoms. The summed E-state index contributed by atoms with van der Waals surface area (Å²) in [4.78, 5) is 0. The molecule has 0 aromatic rings. The minimum Gasteiger partial charge on any atom is -0.241 e. The highest BCUT2D eigenvalue weighted by molar-refractivity contribution is 4.89. The highest BCUT2D eigenvalue weighted by atomic mass is 14.9. The molecule has 57 valence electrons. The molecule has 0 N–H and O–H groups in total. The molecule has 1 radical (unpaired) electrons. The Labute approximate surface area is 63.2 Å². The fraction of sp³-hybridized carbons (Fsp3) is 1.00. The molecule has 0 aromatic heterocycles. The lowest BCUT2D eigenvalue weighted by Crippen LogP contribution is -2.24. The van der Waals surface area contributed by atoms with Gasteiger partial charge in [0.15, 0.2) is 0 Å². The van der Waals surface area contributed by atoms with E-state index < -0.39 is 0 Å². The Morgan fingerprint density at radius 3 is 2.30 bits per heavy atom. The normalized spacial score (nSPS) is 31.2. The fourth-order valence-electron chi connectivity index (χ4n) is 2.42. The van der Waals surface area contributed by atoms with Gasteiger partial charge in [0.2, 0.25) is 0 Å². The number of hydrogen-bond donors (Lipinski definition) is 0. The number of nitrogens with zero attached hydrogens (tertiary/aromatic N) is 1. The van der Waals surface area contributed by atoms with E-state index in [1.54, 1.807) is 0 Å². The first-order chi connectivity index (χ1) is 4.91. The molecule has 1 saturated heterocycles. The van der Waals surface area contributed by atoms with E-state index in [1.165, 1.54) is 45.1 Å². The van der Waals surface area contributed by atoms with Crippen LogP contribution < -0.4 is 5.32 Å². The Kier molecular flexibility index (Phi) is 1.69. The maximum Gasteiger partial charge on any atom is 0.0190 e. The first-order valence-electron chi connectivity index (χ1n) is 4.55. The summed E-state index contributed by atoms with van der Waals surface area (Å²) in [6.45, 7) is 2.34. The van der Waals surface area contributed by atoms with Crippen molar-refractivity contribution in [1.29, 1.82) is 0 Å². The van der Waals surface area contributed by atoms with E-state index in [2.05, 4.69) is 5.32 Å². The first-order valence-corrected chi connectivity index (χ1v) is 4.55. The molecule has 1 aliphatic carbocycles. The second-order valence-corrected chi connectivity index (χ2v) is 3.92. The minimum absolute atomic E-state index is 0.707. The molecular formula is C9H16N. The van der Waals surface area contributed by atoms with Gasteiger partial charge in [0, 0.05) is 13.1 Å². The van der Waals surface area contributed by atoms with Gasteiger partial charge in [-0.05, 0) is 24.7 Å². The summed E-state index contributed by atoms with van der Waals surface area (Å²) in [5, 5.41) is 4.46. The summed E-state index contributed by atoms with van der Waals surface area (Å²) in [5.41, 5.74) is 0.707. The van der Waals surface area contributed by atoms with Gasteiger partial charge in [-0.25, -0.2) is 5.32 Å². The van der Waals surface area contributed by atoms with Gasteiger partial charge in [-0.3, -0.25) is 0 Å². The first kappa shape index (κ1) is 6.66. The third kappa shape index (κ3) is 1.07. The zero-order valence-corrected chi connectivity index (χ0v) is 6.60. The smallest absolute Gasteiger partial charge is 0.0190 e. The lowest BCUT2D eigenvalue weighted by atomic mass is 9.74. The molecule has 1 heterocycles. The minimum atomic E-state index is 0.707. The van der Waals surface area contributed by atoms with Crippen molar-refractivity contribution in [2.24, 2.45) is 5.41 Å². The Balaban J connectivity index is 1.98. The lowest BCUT2D eigenvalue weighted by Gasteiger charge is -2.31. The van der Waals surface area contributed by atoms with Gasteiger partial charge < -0.3 is 0 Å². The van der Waals surface area contributed by atoms with Crippen LogP contribution in [0.3, 0.4) is 0 Å². The van der Waals surface area contributed by atoms with Gasteiger partial charge in [-0.2, -0.15) is 0 Å². The van der Waals surface area contributed by atoms with Gasteiger partial charge in [-0.1, -0.05) is 19.3 Å². The molecule has 1 spiro atoms. The van der Waals surface area contributed by atoms with Gasteiger partial charge in [0.1, 0.15) is 0 Å². The second-order valence-electron chi connectivity index (χ2n) is 3.92. The summed E-state index contributed by atoms with van der Waals surface area (Å²) in [6.07, 6.45) is 8.74. The molecule has 0 atom stereocenters. The number of rotatable bonds is 0. The van der Waals surface area contributed by atoms with Gasteiger partial charge in [0.05, 0.1) is 0 Å². The highest BCUT2D eigenvalue weighted by Crippen LogP contribution is 2.41. The Morgan fingerprint density at radius 1 is 0.900 bits per heavy atom. The molecule has 1 heteroatoms. The van der Waals surface area contributed by atoms with Crippen LogP contribution >= 0.6 is 0 Å². The standard InChI is InChI=1S/C9H16N/c1-2-4-9(5-3-1)6-7-10-8-9/h1-8H2. The second kappa shape index (κ2) is 2.54. The summed E-state index contributed by atoms with van der Waals surface area (Å²) < 4.78 is 0. The highest BCUT2D eigenvalue weighted by Gasteiger charge is 2.35. The zero-order chi connectivity index (χ0) is 6.86. The van der Waals surface area contributed by atoms with E-state index in [1.807, 2.05) is 0 Å². The van der Waals surface area contributed by atoms with Crippen molar-refractivity contribution in [1.82, 2.24) is 5.32 Å². The predicted molar refractivity (Wildman–Crippen MR) is 42.0 cm³/mol. The number of hydrogen-bond acceptors (Lipinski definition) is 0. The topological polar surface area (TPSA) is 14.1 Å². The quantitative estimate of drug-likeness (QED) is 0.485. The van der Waals surface area contributed by atoms with E-state index in [4.69, 9.17) is 0 Å². The molecule has 0 unspecified atom stereocenters. The largest absolute Gasteiger partial charge is 0.241 e. The van der Waals surface area contributed by atoms with E-state index in [0.29, 0.717) is 5.41 Å². The van der Waals surface area contributed by atoms with Gasteiger partial charge in [-0.15, -0.1) is 0 Å². The Hall–Kier alpha value is -0.0400. The molecule has 1 aliphatic heterocycles. The monoisotopic (exact) mass is 138 g/mol. The maximum atomic E-state index is 4.46. The molecule has 1 nitrogen and oxygen atoms in total. The maximum absolute atomic E-state index is 4.46. The summed E-state index contributed by atoms with van der Waals surface area (Å²) >= 11 is 0. The summed E-state index contributed by atoms with van der Waals surface area (Å²) in [7, 11) is 0. The lowest BCUT2D eigenvalue weighted by molar-refractivity contribution is 0.216. The van der Waals surface area contributed by atoms with E-state index in [9.17, 15) is 0 Å². The van der Waals surface area contributed by atoms with E-state index in [-0.39, 0.29) is 0 Å². The molecule has 2 aliphatic rings. The van der Waals surface area contributed by atoms with Crippen molar-refractivity contribution in [2.75, 3.05) is 13.1 Å². The van der Waals surface area contributed by atoms with Crippen molar-refractivity contribution in [2.45, 2.75) is 38.5 Å². The van der Waals surface area contributed by atoms with Crippen molar-refractivity contribution in [3.05, 3.63) is 0 Å². The summed E-state index contributed by atoms with van der Waals surface area (Å²) in [5.74, 6) is 0. The third-order valence-electron chi connectivity index (χ3n) is 3.16. The van der Waals surface area contributed by atoms with Crippen LogP contribution in [0.2, 0.25) is 0 Å². The molecule has 2 rings (SSSR count). The van der Waals surface area contributed by atoms with Crippen LogP contribution in [0, 0.1) is 5.41 Å². The molecular weight excluding hydrogens is 122 g/mol. The molecule has 2 fully saturated rings. The Morgan fingerprint density at radius 2 is 1.70 bits per heavy atom. The fourth-order valence-corrected chi connectivity index (χ4v) is 2.42. The van der Waals surface area contributed by atoms with Crippen LogP contribution in [-0.2, 0) is 0 Å². The van der Waals surface area contributed by atoms with Crippen molar-refractivity contribution in [3.63, 3.8) is 0 Å². The van der Waals surface area contributed by atoms with Crippen LogP contribution in [-0.4, -0.2) is 13.1 Å². The third-order valence-corrected chi connectivity index (χ3v) is 3.16. The SMILES string of the molecule is C1CCC2(CC1)CC[N]C2. The van der Waals surface area contributed by atoms with Crippen LogP contribution in [0.15, 0.2) is 0 Å². The zero-order valence-electron chi connectivity index (χ0n) is 6.60. The molecule has 0 aromatic carbocycles. The van der Waals surface area contributed by atoms with Gasteiger partial charge in [0.25, 0.3) is 0 Å². The van der Waals surface area contributed by atoms with E-state index >= 15 is 0 Å². The predicted octanol–water partition coefficient (Wildman–Crippen LogP) is 1.95.